The summed E-state index contributed by atoms with van der Waals surface area (Å²) in [4.78, 5) is 19.0. The van der Waals surface area contributed by atoms with Crippen LogP contribution in [0.15, 0.2) is 53.9 Å². The molecule has 1 unspecified atom stereocenters. The van der Waals surface area contributed by atoms with E-state index in [4.69, 9.17) is 0 Å². The Hall–Kier alpha value is -2.73. The van der Waals surface area contributed by atoms with Gasteiger partial charge in [0.05, 0.1) is 16.9 Å². The maximum Gasteiger partial charge on any atom is 0.255 e. The Morgan fingerprint density at radius 2 is 1.92 bits per heavy atom. The van der Waals surface area contributed by atoms with Gasteiger partial charge in [-0.2, -0.15) is 0 Å². The summed E-state index contributed by atoms with van der Waals surface area (Å²) in [5.74, 6) is -0.378. The first-order chi connectivity index (χ1) is 11.6. The van der Waals surface area contributed by atoms with Crippen LogP contribution >= 0.6 is 11.3 Å². The van der Waals surface area contributed by atoms with Crippen molar-refractivity contribution >= 4 is 22.9 Å². The molecule has 1 aromatic heterocycles. The average molecular weight is 339 g/mol. The van der Waals surface area contributed by atoms with Gasteiger partial charge in [-0.05, 0) is 36.4 Å². The zero-order chi connectivity index (χ0) is 16.7. The molecule has 1 amide bonds. The second-order valence-corrected chi connectivity index (χ2v) is 6.45. The maximum absolute atomic E-state index is 13.1. The minimum Gasteiger partial charge on any atom is -0.349 e. The number of nitrogens with zero attached hydrogens (tertiary/aromatic N) is 2. The third-order valence-electron chi connectivity index (χ3n) is 4.08. The van der Waals surface area contributed by atoms with Crippen LogP contribution in [0, 0.1) is 5.82 Å². The predicted molar refractivity (Wildman–Crippen MR) is 92.6 cm³/mol. The van der Waals surface area contributed by atoms with E-state index in [0.717, 1.165) is 22.0 Å². The zero-order valence-corrected chi connectivity index (χ0v) is 13.7. The molecule has 0 saturated heterocycles. The van der Waals surface area contributed by atoms with E-state index in [1.807, 2.05) is 41.6 Å². The smallest absolute Gasteiger partial charge is 0.255 e. The van der Waals surface area contributed by atoms with Gasteiger partial charge in [0.2, 0.25) is 0 Å². The summed E-state index contributed by atoms with van der Waals surface area (Å²) in [6, 6.07) is 13.7. The summed E-state index contributed by atoms with van der Waals surface area (Å²) in [6.45, 7) is 0. The first kappa shape index (κ1) is 14.8. The lowest BCUT2D eigenvalue weighted by Gasteiger charge is -2.35. The number of carbonyl (C=O) groups excluding carboxylic acids is 1. The van der Waals surface area contributed by atoms with Crippen molar-refractivity contribution in [2.24, 2.45) is 0 Å². The van der Waals surface area contributed by atoms with Crippen molar-refractivity contribution in [3.05, 3.63) is 71.0 Å². The van der Waals surface area contributed by atoms with Gasteiger partial charge in [-0.25, -0.2) is 9.37 Å². The van der Waals surface area contributed by atoms with E-state index in [1.165, 1.54) is 23.5 Å². The fourth-order valence-electron chi connectivity index (χ4n) is 2.82. The van der Waals surface area contributed by atoms with Crippen LogP contribution in [0.3, 0.4) is 0 Å². The summed E-state index contributed by atoms with van der Waals surface area (Å²) in [5, 5.41) is 5.71. The third-order valence-corrected chi connectivity index (χ3v) is 4.99. The molecule has 0 spiro atoms. The number of halogens is 1. The third kappa shape index (κ3) is 2.45. The number of carbonyl (C=O) groups is 1. The topological polar surface area (TPSA) is 45.2 Å². The number of aromatic nitrogens is 1. The van der Waals surface area contributed by atoms with E-state index in [-0.39, 0.29) is 17.9 Å². The van der Waals surface area contributed by atoms with Crippen molar-refractivity contribution in [2.75, 3.05) is 11.9 Å². The van der Waals surface area contributed by atoms with Crippen molar-refractivity contribution in [2.45, 2.75) is 6.17 Å². The minimum absolute atomic E-state index is 0.106. The number of rotatable bonds is 2. The Balaban J connectivity index is 1.68. The van der Waals surface area contributed by atoms with Crippen LogP contribution in [0.1, 0.15) is 22.2 Å². The summed E-state index contributed by atoms with van der Waals surface area (Å²) < 4.78 is 13.1. The quantitative estimate of drug-likeness (QED) is 0.772. The number of hydrogen-bond acceptors (Lipinski definition) is 4. The van der Waals surface area contributed by atoms with Gasteiger partial charge in [-0.3, -0.25) is 4.79 Å². The first-order valence-electron chi connectivity index (χ1n) is 7.47. The lowest BCUT2D eigenvalue weighted by atomic mass is 10.1. The molecule has 1 N–H and O–H groups in total. The molecular formula is C18H14FN3OS. The number of amides is 1. The molecule has 3 aromatic rings. The van der Waals surface area contributed by atoms with E-state index in [0.29, 0.717) is 5.56 Å². The Labute approximate surface area is 142 Å². The molecule has 24 heavy (non-hydrogen) atoms. The molecule has 0 radical (unpaired) electrons. The highest BCUT2D eigenvalue weighted by Gasteiger charge is 2.30. The molecule has 4 nitrogen and oxygen atoms in total. The highest BCUT2D eigenvalue weighted by molar-refractivity contribution is 7.13. The van der Waals surface area contributed by atoms with Gasteiger partial charge in [-0.1, -0.05) is 12.1 Å². The Kier molecular flexibility index (Phi) is 3.54. The second-order valence-electron chi connectivity index (χ2n) is 5.59. The first-order valence-corrected chi connectivity index (χ1v) is 8.35. The standard InChI is InChI=1S/C18H14FN3OS/c1-22-15-5-3-2-4-13(15)17(23)21-16(22)14-10-24-18(20-14)11-6-8-12(19)9-7-11/h2-10,16H,1H3,(H,21,23). The molecule has 1 aliphatic heterocycles. The monoisotopic (exact) mass is 339 g/mol. The van der Waals surface area contributed by atoms with E-state index in [9.17, 15) is 9.18 Å². The largest absolute Gasteiger partial charge is 0.349 e. The Morgan fingerprint density at radius 1 is 1.17 bits per heavy atom. The number of hydrogen-bond donors (Lipinski definition) is 1. The number of benzene rings is 2. The molecule has 1 atom stereocenters. The molecule has 1 aliphatic rings. The highest BCUT2D eigenvalue weighted by Crippen LogP contribution is 2.33. The summed E-state index contributed by atoms with van der Waals surface area (Å²) in [7, 11) is 1.93. The van der Waals surface area contributed by atoms with Crippen molar-refractivity contribution in [3.63, 3.8) is 0 Å². The van der Waals surface area contributed by atoms with E-state index >= 15 is 0 Å². The highest BCUT2D eigenvalue weighted by atomic mass is 32.1. The Bertz CT molecular complexity index is 907. The van der Waals surface area contributed by atoms with Crippen molar-refractivity contribution in [1.29, 1.82) is 0 Å². The van der Waals surface area contributed by atoms with Crippen LogP contribution in [0.25, 0.3) is 10.6 Å². The van der Waals surface area contributed by atoms with Gasteiger partial charge < -0.3 is 10.2 Å². The van der Waals surface area contributed by atoms with Gasteiger partial charge in [0.1, 0.15) is 17.0 Å². The Morgan fingerprint density at radius 3 is 2.71 bits per heavy atom. The number of nitrogens with one attached hydrogen (secondary N) is 1. The van der Waals surface area contributed by atoms with Crippen LogP contribution in [-0.4, -0.2) is 17.9 Å². The predicted octanol–water partition coefficient (Wildman–Crippen LogP) is 3.83. The van der Waals surface area contributed by atoms with Gasteiger partial charge in [0.25, 0.3) is 5.91 Å². The van der Waals surface area contributed by atoms with Gasteiger partial charge >= 0.3 is 0 Å². The van der Waals surface area contributed by atoms with Crippen LogP contribution in [0.5, 0.6) is 0 Å². The second kappa shape index (κ2) is 5.72. The average Bonchev–Trinajstić information content (AvgIpc) is 3.08. The van der Waals surface area contributed by atoms with Crippen LogP contribution in [0.2, 0.25) is 0 Å². The molecule has 4 rings (SSSR count). The molecule has 6 heteroatoms. The van der Waals surface area contributed by atoms with Crippen molar-refractivity contribution < 1.29 is 9.18 Å². The van der Waals surface area contributed by atoms with E-state index in [2.05, 4.69) is 10.3 Å². The zero-order valence-electron chi connectivity index (χ0n) is 12.9. The van der Waals surface area contributed by atoms with Crippen molar-refractivity contribution in [3.8, 4) is 10.6 Å². The molecule has 0 aliphatic carbocycles. The molecule has 0 bridgehead atoms. The molecular weight excluding hydrogens is 325 g/mol. The molecule has 0 saturated carbocycles. The molecule has 120 valence electrons. The van der Waals surface area contributed by atoms with Crippen LogP contribution in [0.4, 0.5) is 10.1 Å². The lowest BCUT2D eigenvalue weighted by molar-refractivity contribution is 0.0927. The number of anilines is 1. The van der Waals surface area contributed by atoms with E-state index < -0.39 is 0 Å². The fraction of sp³-hybridized carbons (Fsp3) is 0.111. The van der Waals surface area contributed by atoms with E-state index in [1.54, 1.807) is 12.1 Å². The van der Waals surface area contributed by atoms with Crippen LogP contribution in [-0.2, 0) is 0 Å². The normalized spacial score (nSPS) is 16.7. The maximum atomic E-state index is 13.1. The van der Waals surface area contributed by atoms with Crippen LogP contribution < -0.4 is 10.2 Å². The molecule has 2 aromatic carbocycles. The number of thiazole rings is 1. The van der Waals surface area contributed by atoms with Gasteiger partial charge in [0, 0.05) is 18.0 Å². The number of fused-ring (bicyclic) bond motifs is 1. The van der Waals surface area contributed by atoms with Gasteiger partial charge in [0.15, 0.2) is 0 Å². The summed E-state index contributed by atoms with van der Waals surface area (Å²) >= 11 is 1.48. The summed E-state index contributed by atoms with van der Waals surface area (Å²) in [6.07, 6.45) is -0.321. The van der Waals surface area contributed by atoms with Crippen molar-refractivity contribution in [1.82, 2.24) is 10.3 Å². The lowest BCUT2D eigenvalue weighted by Crippen LogP contribution is -2.44. The molecule has 0 fully saturated rings. The summed E-state index contributed by atoms with van der Waals surface area (Å²) in [5.41, 5.74) is 3.16. The fourth-order valence-corrected chi connectivity index (χ4v) is 3.66. The minimum atomic E-state index is -0.321. The van der Waals surface area contributed by atoms with Gasteiger partial charge in [-0.15, -0.1) is 11.3 Å². The molecule has 2 heterocycles. The number of para-hydroxylation sites is 1. The SMILES string of the molecule is CN1c2ccccc2C(=O)NC1c1csc(-c2ccc(F)cc2)n1.